The lowest BCUT2D eigenvalue weighted by Crippen LogP contribution is -2.27. The summed E-state index contributed by atoms with van der Waals surface area (Å²) in [5.74, 6) is 6.66. The summed E-state index contributed by atoms with van der Waals surface area (Å²) in [7, 11) is 1.63. The monoisotopic (exact) mass is 179 g/mol. The summed E-state index contributed by atoms with van der Waals surface area (Å²) in [4.78, 5) is 4.18. The Morgan fingerprint density at radius 3 is 2.46 bits per heavy atom. The maximum atomic E-state index is 5.17. The van der Waals surface area contributed by atoms with Crippen molar-refractivity contribution in [3.8, 4) is 5.75 Å². The Morgan fingerprint density at radius 2 is 2.00 bits per heavy atom. The van der Waals surface area contributed by atoms with E-state index in [-0.39, 0.29) is 0 Å². The average molecular weight is 179 g/mol. The number of nitrogens with two attached hydrogens (primary N) is 1. The summed E-state index contributed by atoms with van der Waals surface area (Å²) in [6.07, 6.45) is 0. The number of methoxy groups -OCH3 is 1. The molecule has 0 fully saturated rings. The number of ether oxygens (including phenoxy) is 1. The molecule has 1 aromatic rings. The lowest BCUT2D eigenvalue weighted by Gasteiger charge is -2.00. The van der Waals surface area contributed by atoms with Gasteiger partial charge in [0.1, 0.15) is 11.6 Å². The minimum Gasteiger partial charge on any atom is -0.497 e. The predicted octanol–water partition coefficient (Wildman–Crippen LogP) is 1.21. The van der Waals surface area contributed by atoms with Crippen LogP contribution in [0.5, 0.6) is 5.75 Å². The van der Waals surface area contributed by atoms with E-state index in [1.165, 1.54) is 0 Å². The molecule has 0 aliphatic rings. The Hall–Kier alpha value is -1.55. The van der Waals surface area contributed by atoms with Gasteiger partial charge in [-0.05, 0) is 31.2 Å². The first-order chi connectivity index (χ1) is 6.26. The third kappa shape index (κ3) is 2.76. The van der Waals surface area contributed by atoms with Crippen LogP contribution in [0.4, 0.5) is 5.69 Å². The maximum Gasteiger partial charge on any atom is 0.119 e. The van der Waals surface area contributed by atoms with E-state index < -0.39 is 0 Å². The van der Waals surface area contributed by atoms with Crippen LogP contribution in [0, 0.1) is 0 Å². The van der Waals surface area contributed by atoms with Gasteiger partial charge < -0.3 is 10.2 Å². The number of hydrazine groups is 1. The van der Waals surface area contributed by atoms with Crippen molar-refractivity contribution in [2.45, 2.75) is 6.92 Å². The standard InChI is InChI=1S/C9H13N3O/c1-7(12-10)11-8-3-5-9(13-2)6-4-8/h3-6H,10H2,1-2H3,(H,11,12). The lowest BCUT2D eigenvalue weighted by atomic mass is 10.3. The van der Waals surface area contributed by atoms with Crippen molar-refractivity contribution in [2.75, 3.05) is 7.11 Å². The minimum absolute atomic E-state index is 0.671. The molecule has 0 radical (unpaired) electrons. The molecule has 0 spiro atoms. The van der Waals surface area contributed by atoms with Crippen LogP contribution in [-0.2, 0) is 0 Å². The first-order valence-corrected chi connectivity index (χ1v) is 3.92. The Bertz CT molecular complexity index is 292. The van der Waals surface area contributed by atoms with Gasteiger partial charge in [0, 0.05) is 0 Å². The Morgan fingerprint density at radius 1 is 1.38 bits per heavy atom. The topological polar surface area (TPSA) is 59.6 Å². The molecule has 0 atom stereocenters. The molecule has 0 heterocycles. The molecule has 1 rings (SSSR count). The van der Waals surface area contributed by atoms with Crippen LogP contribution in [0.25, 0.3) is 0 Å². The molecule has 1 aromatic carbocycles. The Kier molecular flexibility index (Phi) is 3.28. The molecule has 0 unspecified atom stereocenters. The quantitative estimate of drug-likeness (QED) is 0.310. The van der Waals surface area contributed by atoms with Crippen LogP contribution in [0.15, 0.2) is 29.3 Å². The largest absolute Gasteiger partial charge is 0.497 e. The zero-order valence-electron chi connectivity index (χ0n) is 7.74. The molecule has 0 aliphatic heterocycles. The Balaban J connectivity index is 2.80. The van der Waals surface area contributed by atoms with E-state index in [4.69, 9.17) is 10.6 Å². The van der Waals surface area contributed by atoms with Crippen LogP contribution in [-0.4, -0.2) is 12.9 Å². The second-order valence-corrected chi connectivity index (χ2v) is 2.54. The summed E-state index contributed by atoms with van der Waals surface area (Å²) in [5.41, 5.74) is 3.30. The zero-order chi connectivity index (χ0) is 9.68. The van der Waals surface area contributed by atoms with Crippen LogP contribution in [0.1, 0.15) is 6.92 Å². The molecule has 0 amide bonds. The van der Waals surface area contributed by atoms with E-state index in [0.29, 0.717) is 5.84 Å². The highest BCUT2D eigenvalue weighted by molar-refractivity contribution is 5.81. The van der Waals surface area contributed by atoms with Crippen LogP contribution < -0.4 is 16.0 Å². The van der Waals surface area contributed by atoms with E-state index in [2.05, 4.69) is 10.4 Å². The molecule has 3 N–H and O–H groups in total. The first kappa shape index (κ1) is 9.54. The van der Waals surface area contributed by atoms with Gasteiger partial charge in [-0.2, -0.15) is 0 Å². The van der Waals surface area contributed by atoms with Crippen molar-refractivity contribution in [3.05, 3.63) is 24.3 Å². The van der Waals surface area contributed by atoms with Gasteiger partial charge in [0.15, 0.2) is 0 Å². The summed E-state index contributed by atoms with van der Waals surface area (Å²) in [5, 5.41) is 0. The summed E-state index contributed by atoms with van der Waals surface area (Å²) >= 11 is 0. The van der Waals surface area contributed by atoms with Gasteiger partial charge in [0.25, 0.3) is 0 Å². The van der Waals surface area contributed by atoms with Crippen molar-refractivity contribution < 1.29 is 4.74 Å². The fraction of sp³-hybridized carbons (Fsp3) is 0.222. The predicted molar refractivity (Wildman–Crippen MR) is 53.1 cm³/mol. The van der Waals surface area contributed by atoms with Gasteiger partial charge in [-0.3, -0.25) is 0 Å². The third-order valence-electron chi connectivity index (χ3n) is 1.58. The third-order valence-corrected chi connectivity index (χ3v) is 1.58. The number of hydrogen-bond donors (Lipinski definition) is 2. The number of aliphatic imine (C=N–C) groups is 1. The van der Waals surface area contributed by atoms with Gasteiger partial charge in [-0.25, -0.2) is 10.8 Å². The van der Waals surface area contributed by atoms with E-state index >= 15 is 0 Å². The van der Waals surface area contributed by atoms with Gasteiger partial charge in [0.2, 0.25) is 0 Å². The van der Waals surface area contributed by atoms with Crippen molar-refractivity contribution in [3.63, 3.8) is 0 Å². The summed E-state index contributed by atoms with van der Waals surface area (Å²) in [6.45, 7) is 1.80. The fourth-order valence-electron chi connectivity index (χ4n) is 0.883. The molecular formula is C9H13N3O. The maximum absolute atomic E-state index is 5.17. The molecule has 4 nitrogen and oxygen atoms in total. The highest BCUT2D eigenvalue weighted by Gasteiger charge is 1.92. The molecule has 0 saturated carbocycles. The molecule has 0 saturated heterocycles. The van der Waals surface area contributed by atoms with Crippen LogP contribution >= 0.6 is 0 Å². The van der Waals surface area contributed by atoms with Crippen LogP contribution in [0.3, 0.4) is 0 Å². The molecule has 0 bridgehead atoms. The van der Waals surface area contributed by atoms with E-state index in [1.807, 2.05) is 24.3 Å². The average Bonchev–Trinajstić information content (AvgIpc) is 2.19. The fourth-order valence-corrected chi connectivity index (χ4v) is 0.883. The zero-order valence-corrected chi connectivity index (χ0v) is 7.74. The number of nitrogens with zero attached hydrogens (tertiary/aromatic N) is 1. The van der Waals surface area contributed by atoms with Crippen molar-refractivity contribution >= 4 is 11.5 Å². The Labute approximate surface area is 77.4 Å². The number of hydrogen-bond acceptors (Lipinski definition) is 3. The van der Waals surface area contributed by atoms with Crippen molar-refractivity contribution in [1.82, 2.24) is 5.43 Å². The second kappa shape index (κ2) is 4.47. The molecule has 4 heteroatoms. The SMILES string of the molecule is COc1ccc(N=C(C)NN)cc1. The number of rotatable bonds is 2. The normalized spacial score (nSPS) is 11.2. The van der Waals surface area contributed by atoms with E-state index in [9.17, 15) is 0 Å². The lowest BCUT2D eigenvalue weighted by molar-refractivity contribution is 0.415. The molecule has 0 aromatic heterocycles. The van der Waals surface area contributed by atoms with Crippen molar-refractivity contribution in [1.29, 1.82) is 0 Å². The van der Waals surface area contributed by atoms with Crippen LogP contribution in [0.2, 0.25) is 0 Å². The van der Waals surface area contributed by atoms with Gasteiger partial charge in [-0.15, -0.1) is 0 Å². The summed E-state index contributed by atoms with van der Waals surface area (Å²) < 4.78 is 5.01. The molecule has 13 heavy (non-hydrogen) atoms. The number of amidine groups is 1. The number of benzene rings is 1. The highest BCUT2D eigenvalue weighted by Crippen LogP contribution is 2.17. The molecular weight excluding hydrogens is 166 g/mol. The van der Waals surface area contributed by atoms with E-state index in [1.54, 1.807) is 14.0 Å². The van der Waals surface area contributed by atoms with Crippen molar-refractivity contribution in [2.24, 2.45) is 10.8 Å². The molecule has 70 valence electrons. The number of nitrogens with one attached hydrogen (secondary N) is 1. The van der Waals surface area contributed by atoms with Gasteiger partial charge >= 0.3 is 0 Å². The minimum atomic E-state index is 0.671. The first-order valence-electron chi connectivity index (χ1n) is 3.92. The van der Waals surface area contributed by atoms with Gasteiger partial charge in [-0.1, -0.05) is 0 Å². The van der Waals surface area contributed by atoms with Gasteiger partial charge in [0.05, 0.1) is 12.8 Å². The highest BCUT2D eigenvalue weighted by atomic mass is 16.5. The molecule has 0 aliphatic carbocycles. The second-order valence-electron chi connectivity index (χ2n) is 2.54. The summed E-state index contributed by atoms with van der Waals surface area (Å²) in [6, 6.07) is 7.42. The smallest absolute Gasteiger partial charge is 0.119 e. The van der Waals surface area contributed by atoms with E-state index in [0.717, 1.165) is 11.4 Å².